The Hall–Kier alpha value is -1.33. The number of ether oxygens (including phenoxy) is 1. The van der Waals surface area contributed by atoms with E-state index in [1.807, 2.05) is 0 Å². The highest BCUT2D eigenvalue weighted by Crippen LogP contribution is 2.27. The summed E-state index contributed by atoms with van der Waals surface area (Å²) in [7, 11) is 0. The van der Waals surface area contributed by atoms with Crippen LogP contribution in [0, 0.1) is 0 Å². The van der Waals surface area contributed by atoms with Crippen molar-refractivity contribution in [1.82, 2.24) is 9.97 Å². The smallest absolute Gasteiger partial charge is 0.242 e. The molecule has 2 rings (SSSR count). The number of hydrogen-bond donors (Lipinski definition) is 1. The molecular formula is C10H7BrClN3O. The maximum absolute atomic E-state index is 5.77. The first kappa shape index (κ1) is 11.2. The molecule has 2 aromatic rings. The van der Waals surface area contributed by atoms with Crippen molar-refractivity contribution in [2.24, 2.45) is 0 Å². The second-order valence-electron chi connectivity index (χ2n) is 2.99. The summed E-state index contributed by atoms with van der Waals surface area (Å²) in [6.45, 7) is 0. The fourth-order valence-electron chi connectivity index (χ4n) is 1.09. The average molecular weight is 301 g/mol. The summed E-state index contributed by atoms with van der Waals surface area (Å²) in [5.41, 5.74) is 6.18. The molecule has 0 unspecified atom stereocenters. The molecule has 0 aliphatic carbocycles. The number of nitrogen functional groups attached to an aromatic ring is 1. The van der Waals surface area contributed by atoms with Crippen molar-refractivity contribution < 1.29 is 4.74 Å². The van der Waals surface area contributed by atoms with Gasteiger partial charge in [-0.15, -0.1) is 0 Å². The standard InChI is InChI=1S/C10H7BrClN3O/c11-6-1-9(13)10(15-3-6)16-8-2-7(12)4-14-5-8/h1-5H,13H2. The Labute approximate surface area is 106 Å². The van der Waals surface area contributed by atoms with Crippen molar-refractivity contribution in [2.75, 3.05) is 5.73 Å². The van der Waals surface area contributed by atoms with E-state index < -0.39 is 0 Å². The van der Waals surface area contributed by atoms with Crippen LogP contribution in [0.25, 0.3) is 0 Å². The van der Waals surface area contributed by atoms with Gasteiger partial charge in [0.2, 0.25) is 5.88 Å². The number of aromatic nitrogens is 2. The summed E-state index contributed by atoms with van der Waals surface area (Å²) in [6.07, 6.45) is 4.66. The Morgan fingerprint density at radius 1 is 1.25 bits per heavy atom. The van der Waals surface area contributed by atoms with Gasteiger partial charge >= 0.3 is 0 Å². The molecule has 0 saturated heterocycles. The minimum Gasteiger partial charge on any atom is -0.435 e. The van der Waals surface area contributed by atoms with Crippen LogP contribution in [-0.4, -0.2) is 9.97 Å². The first-order valence-corrected chi connectivity index (χ1v) is 5.51. The van der Waals surface area contributed by atoms with E-state index >= 15 is 0 Å². The van der Waals surface area contributed by atoms with Crippen LogP contribution in [0.2, 0.25) is 5.02 Å². The first-order chi connectivity index (χ1) is 7.65. The van der Waals surface area contributed by atoms with Crippen molar-refractivity contribution in [1.29, 1.82) is 0 Å². The zero-order valence-electron chi connectivity index (χ0n) is 8.02. The van der Waals surface area contributed by atoms with E-state index in [1.54, 1.807) is 18.3 Å². The molecular weight excluding hydrogens is 293 g/mol. The lowest BCUT2D eigenvalue weighted by Crippen LogP contribution is -1.95. The van der Waals surface area contributed by atoms with Gasteiger partial charge in [-0.05, 0) is 22.0 Å². The van der Waals surface area contributed by atoms with Gasteiger partial charge in [-0.1, -0.05) is 11.6 Å². The molecule has 16 heavy (non-hydrogen) atoms. The fourth-order valence-corrected chi connectivity index (χ4v) is 1.60. The SMILES string of the molecule is Nc1cc(Br)cnc1Oc1cncc(Cl)c1. The van der Waals surface area contributed by atoms with Gasteiger partial charge < -0.3 is 10.5 Å². The molecule has 0 aliphatic rings. The zero-order valence-corrected chi connectivity index (χ0v) is 10.4. The van der Waals surface area contributed by atoms with Crippen LogP contribution in [0.5, 0.6) is 11.6 Å². The van der Waals surface area contributed by atoms with Crippen LogP contribution < -0.4 is 10.5 Å². The van der Waals surface area contributed by atoms with Gasteiger partial charge in [0.1, 0.15) is 5.75 Å². The highest BCUT2D eigenvalue weighted by molar-refractivity contribution is 9.10. The van der Waals surface area contributed by atoms with E-state index in [0.717, 1.165) is 4.47 Å². The molecule has 0 fully saturated rings. The third-order valence-electron chi connectivity index (χ3n) is 1.74. The Balaban J connectivity index is 2.27. The minimum absolute atomic E-state index is 0.326. The number of hydrogen-bond acceptors (Lipinski definition) is 4. The molecule has 0 radical (unpaired) electrons. The maximum atomic E-state index is 5.77. The summed E-state index contributed by atoms with van der Waals surface area (Å²) in [6, 6.07) is 3.35. The molecule has 0 atom stereocenters. The maximum Gasteiger partial charge on any atom is 0.242 e. The first-order valence-electron chi connectivity index (χ1n) is 4.34. The van der Waals surface area contributed by atoms with Crippen molar-refractivity contribution in [3.63, 3.8) is 0 Å². The lowest BCUT2D eigenvalue weighted by molar-refractivity contribution is 0.463. The molecule has 2 N–H and O–H groups in total. The number of nitrogens with two attached hydrogens (primary N) is 1. The van der Waals surface area contributed by atoms with Gasteiger partial charge in [-0.25, -0.2) is 4.98 Å². The van der Waals surface area contributed by atoms with Crippen LogP contribution in [0.4, 0.5) is 5.69 Å². The Kier molecular flexibility index (Phi) is 3.26. The molecule has 2 heterocycles. The van der Waals surface area contributed by atoms with Crippen molar-refractivity contribution >= 4 is 33.2 Å². The van der Waals surface area contributed by atoms with Gasteiger partial charge in [-0.2, -0.15) is 0 Å². The van der Waals surface area contributed by atoms with Gasteiger partial charge in [0.25, 0.3) is 0 Å². The Morgan fingerprint density at radius 3 is 2.75 bits per heavy atom. The van der Waals surface area contributed by atoms with E-state index in [1.165, 1.54) is 12.4 Å². The largest absolute Gasteiger partial charge is 0.435 e. The monoisotopic (exact) mass is 299 g/mol. The summed E-state index contributed by atoms with van der Waals surface area (Å²) < 4.78 is 6.23. The number of nitrogens with zero attached hydrogens (tertiary/aromatic N) is 2. The molecule has 6 heteroatoms. The molecule has 4 nitrogen and oxygen atoms in total. The van der Waals surface area contributed by atoms with Crippen molar-refractivity contribution in [2.45, 2.75) is 0 Å². The topological polar surface area (TPSA) is 61.0 Å². The highest BCUT2D eigenvalue weighted by atomic mass is 79.9. The van der Waals surface area contributed by atoms with Crippen LogP contribution in [0.1, 0.15) is 0 Å². The highest BCUT2D eigenvalue weighted by Gasteiger charge is 2.05. The summed E-state index contributed by atoms with van der Waals surface area (Å²) >= 11 is 9.04. The lowest BCUT2D eigenvalue weighted by Gasteiger charge is -2.06. The van der Waals surface area contributed by atoms with E-state index in [9.17, 15) is 0 Å². The second-order valence-corrected chi connectivity index (χ2v) is 4.34. The van der Waals surface area contributed by atoms with Gasteiger partial charge in [0.05, 0.1) is 16.9 Å². The van der Waals surface area contributed by atoms with Crippen LogP contribution in [-0.2, 0) is 0 Å². The van der Waals surface area contributed by atoms with E-state index in [2.05, 4.69) is 25.9 Å². The minimum atomic E-state index is 0.326. The van der Waals surface area contributed by atoms with Crippen LogP contribution in [0.3, 0.4) is 0 Å². The predicted molar refractivity (Wildman–Crippen MR) is 65.7 cm³/mol. The molecule has 0 spiro atoms. The number of anilines is 1. The predicted octanol–water partition coefficient (Wildman–Crippen LogP) is 3.27. The fraction of sp³-hybridized carbons (Fsp3) is 0. The van der Waals surface area contributed by atoms with Gasteiger partial charge in [0.15, 0.2) is 0 Å². The van der Waals surface area contributed by atoms with Crippen LogP contribution >= 0.6 is 27.5 Å². The Bertz CT molecular complexity index is 521. The third-order valence-corrected chi connectivity index (χ3v) is 2.38. The molecule has 0 bridgehead atoms. The van der Waals surface area contributed by atoms with Crippen molar-refractivity contribution in [3.05, 3.63) is 40.2 Å². The van der Waals surface area contributed by atoms with E-state index in [0.29, 0.717) is 22.3 Å². The van der Waals surface area contributed by atoms with Gasteiger partial charge in [0, 0.05) is 22.9 Å². The number of halogens is 2. The zero-order chi connectivity index (χ0) is 11.5. The second kappa shape index (κ2) is 4.67. The summed E-state index contributed by atoms with van der Waals surface area (Å²) in [5.74, 6) is 0.821. The summed E-state index contributed by atoms with van der Waals surface area (Å²) in [4.78, 5) is 7.93. The third kappa shape index (κ3) is 2.62. The molecule has 0 aliphatic heterocycles. The molecule has 0 amide bonds. The Morgan fingerprint density at radius 2 is 2.06 bits per heavy atom. The normalized spacial score (nSPS) is 10.1. The van der Waals surface area contributed by atoms with Gasteiger partial charge in [-0.3, -0.25) is 4.98 Å². The lowest BCUT2D eigenvalue weighted by atomic mass is 10.4. The average Bonchev–Trinajstić information content (AvgIpc) is 2.22. The van der Waals surface area contributed by atoms with E-state index in [-0.39, 0.29) is 0 Å². The van der Waals surface area contributed by atoms with E-state index in [4.69, 9.17) is 22.1 Å². The molecule has 82 valence electrons. The molecule has 2 aromatic heterocycles. The molecule has 0 saturated carbocycles. The quantitative estimate of drug-likeness (QED) is 0.924. The molecule has 0 aromatic carbocycles. The number of pyridine rings is 2. The van der Waals surface area contributed by atoms with Crippen molar-refractivity contribution in [3.8, 4) is 11.6 Å². The summed E-state index contributed by atoms with van der Waals surface area (Å²) in [5, 5.41) is 0.494. The van der Waals surface area contributed by atoms with Crippen LogP contribution in [0.15, 0.2) is 35.2 Å². The number of rotatable bonds is 2.